The Labute approximate surface area is 127 Å². The van der Waals surface area contributed by atoms with Gasteiger partial charge in [-0.25, -0.2) is 10.8 Å². The van der Waals surface area contributed by atoms with Gasteiger partial charge in [0.15, 0.2) is 5.82 Å². The number of hydrogen-bond acceptors (Lipinski definition) is 5. The number of nitrogens with zero attached hydrogens (tertiary/aromatic N) is 3. The molecule has 1 amide bonds. The molecule has 3 N–H and O–H groups in total. The number of nitrogens with two attached hydrogens (primary N) is 1. The molecular weight excluding hydrogens is 290 g/mol. The monoisotopic (exact) mass is 305 g/mol. The average Bonchev–Trinajstić information content (AvgIpc) is 2.36. The lowest BCUT2D eigenvalue weighted by atomic mass is 10.1. The zero-order valence-electron chi connectivity index (χ0n) is 12.0. The summed E-state index contributed by atoms with van der Waals surface area (Å²) in [4.78, 5) is 20.2. The summed E-state index contributed by atoms with van der Waals surface area (Å²) >= 11 is 5.73. The topological polar surface area (TPSA) is 84.1 Å². The third kappa shape index (κ3) is 3.68. The highest BCUT2D eigenvalue weighted by Gasteiger charge is 2.16. The van der Waals surface area contributed by atoms with Crippen LogP contribution in [0.4, 0.5) is 11.5 Å². The number of anilines is 2. The van der Waals surface area contributed by atoms with Gasteiger partial charge in [-0.3, -0.25) is 9.80 Å². The predicted molar refractivity (Wildman–Crippen MR) is 83.5 cm³/mol. The van der Waals surface area contributed by atoms with Crippen molar-refractivity contribution in [3.63, 3.8) is 0 Å². The molecular formula is C14H16ClN5O. The largest absolute Gasteiger partial charge is 0.322 e. The van der Waals surface area contributed by atoms with Crippen molar-refractivity contribution in [2.75, 3.05) is 17.4 Å². The van der Waals surface area contributed by atoms with E-state index in [4.69, 9.17) is 17.4 Å². The fourth-order valence-corrected chi connectivity index (χ4v) is 2.16. The van der Waals surface area contributed by atoms with Gasteiger partial charge >= 0.3 is 0 Å². The van der Waals surface area contributed by atoms with E-state index in [1.807, 2.05) is 32.0 Å². The van der Waals surface area contributed by atoms with Crippen LogP contribution in [0, 0.1) is 13.8 Å². The van der Waals surface area contributed by atoms with E-state index in [1.165, 1.54) is 11.2 Å². The van der Waals surface area contributed by atoms with Crippen LogP contribution in [0.15, 0.2) is 24.4 Å². The van der Waals surface area contributed by atoms with Gasteiger partial charge in [-0.15, -0.1) is 0 Å². The molecule has 2 aromatic rings. The molecule has 1 aromatic carbocycles. The van der Waals surface area contributed by atoms with Crippen LogP contribution in [0.3, 0.4) is 0 Å². The number of nitrogens with one attached hydrogen (secondary N) is 1. The standard InChI is InChI=1S/C14H16ClN5O/c1-8-4-9(2)6-10(5-8)18-13(21)11-7-17-14(15)19-12(11)20(3)16/h4-7H,16H2,1-3H3,(H,18,21). The predicted octanol–water partition coefficient (Wildman–Crippen LogP) is 2.31. The number of carbonyl (C=O) groups is 1. The van der Waals surface area contributed by atoms with Crippen molar-refractivity contribution in [2.45, 2.75) is 13.8 Å². The number of aryl methyl sites for hydroxylation is 2. The summed E-state index contributed by atoms with van der Waals surface area (Å²) in [6.07, 6.45) is 1.35. The average molecular weight is 306 g/mol. The smallest absolute Gasteiger partial charge is 0.261 e. The minimum atomic E-state index is -0.344. The molecule has 110 valence electrons. The third-order valence-corrected chi connectivity index (χ3v) is 2.98. The lowest BCUT2D eigenvalue weighted by Crippen LogP contribution is -2.29. The van der Waals surface area contributed by atoms with Crippen LogP contribution >= 0.6 is 11.6 Å². The number of carbonyl (C=O) groups excluding carboxylic acids is 1. The molecule has 0 fully saturated rings. The first-order valence-electron chi connectivity index (χ1n) is 6.27. The van der Waals surface area contributed by atoms with Gasteiger partial charge in [-0.2, -0.15) is 4.98 Å². The zero-order chi connectivity index (χ0) is 15.6. The number of aromatic nitrogens is 2. The lowest BCUT2D eigenvalue weighted by molar-refractivity contribution is 0.102. The molecule has 2 rings (SSSR count). The van der Waals surface area contributed by atoms with Gasteiger partial charge in [0.25, 0.3) is 5.91 Å². The highest BCUT2D eigenvalue weighted by molar-refractivity contribution is 6.28. The SMILES string of the molecule is Cc1cc(C)cc(NC(=O)c2cnc(Cl)nc2N(C)N)c1. The van der Waals surface area contributed by atoms with E-state index in [-0.39, 0.29) is 22.6 Å². The van der Waals surface area contributed by atoms with E-state index in [1.54, 1.807) is 7.05 Å². The molecule has 0 aliphatic carbocycles. The molecule has 0 spiro atoms. The fourth-order valence-electron chi connectivity index (χ4n) is 2.03. The Morgan fingerprint density at radius 2 is 1.90 bits per heavy atom. The molecule has 1 heterocycles. The quantitative estimate of drug-likeness (QED) is 0.516. The minimum absolute atomic E-state index is 0.0326. The molecule has 0 saturated carbocycles. The summed E-state index contributed by atoms with van der Waals surface area (Å²) in [5.41, 5.74) is 3.09. The number of rotatable bonds is 3. The van der Waals surface area contributed by atoms with E-state index in [9.17, 15) is 4.79 Å². The molecule has 0 unspecified atom stereocenters. The Morgan fingerprint density at radius 1 is 1.29 bits per heavy atom. The number of benzene rings is 1. The van der Waals surface area contributed by atoms with Gasteiger partial charge in [0, 0.05) is 18.9 Å². The van der Waals surface area contributed by atoms with Crippen LogP contribution in [-0.2, 0) is 0 Å². The number of hydrogen-bond donors (Lipinski definition) is 2. The number of halogens is 1. The van der Waals surface area contributed by atoms with E-state index in [2.05, 4.69) is 15.3 Å². The van der Waals surface area contributed by atoms with Gasteiger partial charge in [-0.05, 0) is 48.7 Å². The first kappa shape index (κ1) is 15.2. The molecule has 7 heteroatoms. The van der Waals surface area contributed by atoms with Gasteiger partial charge in [0.05, 0.1) is 0 Å². The van der Waals surface area contributed by atoms with Crippen molar-refractivity contribution < 1.29 is 4.79 Å². The van der Waals surface area contributed by atoms with Crippen LogP contribution < -0.4 is 16.2 Å². The normalized spacial score (nSPS) is 10.3. The van der Waals surface area contributed by atoms with Gasteiger partial charge in [-0.1, -0.05) is 6.07 Å². The van der Waals surface area contributed by atoms with Crippen molar-refractivity contribution in [1.82, 2.24) is 9.97 Å². The molecule has 0 radical (unpaired) electrons. The van der Waals surface area contributed by atoms with Crippen LogP contribution in [0.25, 0.3) is 0 Å². The van der Waals surface area contributed by atoms with E-state index < -0.39 is 0 Å². The van der Waals surface area contributed by atoms with E-state index in [0.717, 1.165) is 11.1 Å². The molecule has 0 bridgehead atoms. The molecule has 1 aromatic heterocycles. The maximum Gasteiger partial charge on any atom is 0.261 e. The lowest BCUT2D eigenvalue weighted by Gasteiger charge is -2.15. The van der Waals surface area contributed by atoms with Crippen LogP contribution in [-0.4, -0.2) is 22.9 Å². The Kier molecular flexibility index (Phi) is 4.40. The van der Waals surface area contributed by atoms with Crippen LogP contribution in [0.5, 0.6) is 0 Å². The highest BCUT2D eigenvalue weighted by atomic mass is 35.5. The zero-order valence-corrected chi connectivity index (χ0v) is 12.8. The highest BCUT2D eigenvalue weighted by Crippen LogP contribution is 2.19. The Bertz CT molecular complexity index is 667. The Morgan fingerprint density at radius 3 is 2.48 bits per heavy atom. The van der Waals surface area contributed by atoms with Gasteiger partial charge < -0.3 is 5.32 Å². The van der Waals surface area contributed by atoms with E-state index in [0.29, 0.717) is 5.69 Å². The fraction of sp³-hybridized carbons (Fsp3) is 0.214. The minimum Gasteiger partial charge on any atom is -0.322 e. The maximum absolute atomic E-state index is 12.4. The van der Waals surface area contributed by atoms with Crippen molar-refractivity contribution in [1.29, 1.82) is 0 Å². The Hall–Kier alpha value is -2.18. The summed E-state index contributed by atoms with van der Waals surface area (Å²) in [7, 11) is 1.58. The summed E-state index contributed by atoms with van der Waals surface area (Å²) in [5, 5.41) is 4.07. The first-order valence-corrected chi connectivity index (χ1v) is 6.65. The summed E-state index contributed by atoms with van der Waals surface area (Å²) < 4.78 is 0. The van der Waals surface area contributed by atoms with E-state index >= 15 is 0 Å². The summed E-state index contributed by atoms with van der Waals surface area (Å²) in [6, 6.07) is 5.79. The van der Waals surface area contributed by atoms with Crippen LogP contribution in [0.2, 0.25) is 5.28 Å². The van der Waals surface area contributed by atoms with Gasteiger partial charge in [0.2, 0.25) is 5.28 Å². The molecule has 0 atom stereocenters. The number of hydrazine groups is 1. The molecule has 0 saturated heterocycles. The first-order chi connectivity index (χ1) is 9.86. The van der Waals surface area contributed by atoms with Crippen LogP contribution in [0.1, 0.15) is 21.5 Å². The van der Waals surface area contributed by atoms with Gasteiger partial charge in [0.1, 0.15) is 5.56 Å². The van der Waals surface area contributed by atoms with Crippen molar-refractivity contribution in [3.8, 4) is 0 Å². The van der Waals surface area contributed by atoms with Crippen molar-refractivity contribution in [3.05, 3.63) is 46.4 Å². The Balaban J connectivity index is 2.32. The summed E-state index contributed by atoms with van der Waals surface area (Å²) in [6.45, 7) is 3.93. The third-order valence-electron chi connectivity index (χ3n) is 2.80. The second-order valence-corrected chi connectivity index (χ2v) is 5.16. The second kappa shape index (κ2) is 6.07. The molecule has 0 aliphatic rings. The second-order valence-electron chi connectivity index (χ2n) is 4.82. The molecule has 6 nitrogen and oxygen atoms in total. The maximum atomic E-state index is 12.4. The summed E-state index contributed by atoms with van der Waals surface area (Å²) in [5.74, 6) is 5.58. The number of amides is 1. The van der Waals surface area contributed by atoms with Crippen molar-refractivity contribution in [2.24, 2.45) is 5.84 Å². The molecule has 21 heavy (non-hydrogen) atoms. The van der Waals surface area contributed by atoms with Crippen molar-refractivity contribution >= 4 is 29.0 Å². The molecule has 0 aliphatic heterocycles.